The first-order valence-electron chi connectivity index (χ1n) is 6.79. The number of aromatic nitrogens is 2. The number of rotatable bonds is 6. The maximum absolute atomic E-state index is 6.04. The number of ether oxygens (including phenoxy) is 1. The molecule has 0 atom stereocenters. The van der Waals surface area contributed by atoms with Gasteiger partial charge in [-0.3, -0.25) is 0 Å². The summed E-state index contributed by atoms with van der Waals surface area (Å²) in [6.07, 6.45) is 0. The normalized spacial score (nSPS) is 10.5. The zero-order valence-electron chi connectivity index (χ0n) is 12.4. The fourth-order valence-corrected chi connectivity index (χ4v) is 1.99. The second-order valence-electron chi connectivity index (χ2n) is 4.53. The van der Waals surface area contributed by atoms with Gasteiger partial charge >= 0.3 is 0 Å². The number of anilines is 3. The Kier molecular flexibility index (Phi) is 5.36. The molecular weight excluding hydrogens is 288 g/mol. The van der Waals surface area contributed by atoms with Crippen molar-refractivity contribution in [2.24, 2.45) is 0 Å². The molecule has 0 amide bonds. The van der Waals surface area contributed by atoms with Crippen molar-refractivity contribution in [1.29, 1.82) is 0 Å². The first-order valence-corrected chi connectivity index (χ1v) is 7.16. The Morgan fingerprint density at radius 1 is 1.19 bits per heavy atom. The Labute approximate surface area is 129 Å². The number of nitrogens with one attached hydrogen (secondary N) is 2. The van der Waals surface area contributed by atoms with Gasteiger partial charge in [0.05, 0.1) is 0 Å². The van der Waals surface area contributed by atoms with E-state index in [9.17, 15) is 0 Å². The monoisotopic (exact) mass is 306 g/mol. The molecule has 0 aliphatic heterocycles. The highest BCUT2D eigenvalue weighted by Crippen LogP contribution is 2.24. The van der Waals surface area contributed by atoms with Crippen LogP contribution in [0.1, 0.15) is 18.3 Å². The molecule has 0 radical (unpaired) electrons. The molecule has 2 aromatic rings. The van der Waals surface area contributed by atoms with Gasteiger partial charge in [-0.1, -0.05) is 17.7 Å². The van der Waals surface area contributed by atoms with Gasteiger partial charge in [0.25, 0.3) is 0 Å². The van der Waals surface area contributed by atoms with Crippen molar-refractivity contribution in [1.82, 2.24) is 9.97 Å². The minimum atomic E-state index is 0.384. The van der Waals surface area contributed by atoms with E-state index in [1.807, 2.05) is 45.2 Å². The molecule has 0 bridgehead atoms. The predicted octanol–water partition coefficient (Wildman–Crippen LogP) is 3.76. The first-order chi connectivity index (χ1) is 10.1. The molecule has 0 aliphatic rings. The fraction of sp³-hybridized carbons (Fsp3) is 0.333. The SMILES string of the molecule is CCOCc1nc(NC)cc(Nc2cc(Cl)ccc2C)n1. The molecule has 0 spiro atoms. The summed E-state index contributed by atoms with van der Waals surface area (Å²) in [7, 11) is 1.82. The fourth-order valence-electron chi connectivity index (χ4n) is 1.81. The van der Waals surface area contributed by atoms with Gasteiger partial charge in [-0.2, -0.15) is 0 Å². The van der Waals surface area contributed by atoms with E-state index >= 15 is 0 Å². The number of aryl methyl sites for hydroxylation is 1. The van der Waals surface area contributed by atoms with Gasteiger partial charge in [0.15, 0.2) is 5.82 Å². The summed E-state index contributed by atoms with van der Waals surface area (Å²) < 4.78 is 5.37. The van der Waals surface area contributed by atoms with Crippen LogP contribution in [0.4, 0.5) is 17.3 Å². The Hall–Kier alpha value is -1.85. The van der Waals surface area contributed by atoms with Crippen LogP contribution in [-0.2, 0) is 11.3 Å². The molecule has 6 heteroatoms. The number of hydrogen-bond donors (Lipinski definition) is 2. The highest BCUT2D eigenvalue weighted by molar-refractivity contribution is 6.30. The smallest absolute Gasteiger partial charge is 0.158 e. The zero-order chi connectivity index (χ0) is 15.2. The summed E-state index contributed by atoms with van der Waals surface area (Å²) in [5, 5.41) is 6.98. The number of nitrogens with zero attached hydrogens (tertiary/aromatic N) is 2. The van der Waals surface area contributed by atoms with Crippen LogP contribution in [-0.4, -0.2) is 23.6 Å². The maximum atomic E-state index is 6.04. The molecule has 0 fully saturated rings. The molecule has 5 nitrogen and oxygen atoms in total. The number of benzene rings is 1. The highest BCUT2D eigenvalue weighted by Gasteiger charge is 2.06. The minimum Gasteiger partial charge on any atom is -0.374 e. The van der Waals surface area contributed by atoms with Crippen molar-refractivity contribution in [2.75, 3.05) is 24.3 Å². The summed E-state index contributed by atoms with van der Waals surface area (Å²) in [5.74, 6) is 2.07. The third-order valence-electron chi connectivity index (χ3n) is 2.93. The quantitative estimate of drug-likeness (QED) is 0.851. The lowest BCUT2D eigenvalue weighted by atomic mass is 10.2. The van der Waals surface area contributed by atoms with E-state index in [1.165, 1.54) is 0 Å². The second-order valence-corrected chi connectivity index (χ2v) is 4.96. The molecule has 0 saturated heterocycles. The topological polar surface area (TPSA) is 59.1 Å². The van der Waals surface area contributed by atoms with Crippen LogP contribution in [0.5, 0.6) is 0 Å². The lowest BCUT2D eigenvalue weighted by molar-refractivity contribution is 0.128. The molecule has 1 heterocycles. The van der Waals surface area contributed by atoms with Gasteiger partial charge in [0.2, 0.25) is 0 Å². The minimum absolute atomic E-state index is 0.384. The van der Waals surface area contributed by atoms with E-state index in [2.05, 4.69) is 20.6 Å². The zero-order valence-corrected chi connectivity index (χ0v) is 13.2. The van der Waals surface area contributed by atoms with Crippen LogP contribution < -0.4 is 10.6 Å². The molecule has 0 saturated carbocycles. The Balaban J connectivity index is 2.27. The van der Waals surface area contributed by atoms with Crippen molar-refractivity contribution < 1.29 is 4.74 Å². The van der Waals surface area contributed by atoms with Gasteiger partial charge in [-0.15, -0.1) is 0 Å². The summed E-state index contributed by atoms with van der Waals surface area (Å²) in [4.78, 5) is 8.81. The second kappa shape index (κ2) is 7.24. The van der Waals surface area contributed by atoms with Crippen LogP contribution in [0.15, 0.2) is 24.3 Å². The Morgan fingerprint density at radius 3 is 2.67 bits per heavy atom. The van der Waals surface area contributed by atoms with Crippen molar-refractivity contribution in [3.8, 4) is 0 Å². The molecule has 0 unspecified atom stereocenters. The van der Waals surface area contributed by atoms with Crippen LogP contribution in [0, 0.1) is 6.92 Å². The molecule has 21 heavy (non-hydrogen) atoms. The molecular formula is C15H19ClN4O. The molecule has 0 aliphatic carbocycles. The largest absolute Gasteiger partial charge is 0.374 e. The van der Waals surface area contributed by atoms with E-state index < -0.39 is 0 Å². The van der Waals surface area contributed by atoms with Crippen molar-refractivity contribution in [3.05, 3.63) is 40.7 Å². The average molecular weight is 307 g/mol. The van der Waals surface area contributed by atoms with Gasteiger partial charge in [-0.25, -0.2) is 9.97 Å². The van der Waals surface area contributed by atoms with Crippen LogP contribution in [0.2, 0.25) is 5.02 Å². The summed E-state index contributed by atoms with van der Waals surface area (Å²) in [6, 6.07) is 7.55. The average Bonchev–Trinajstić information content (AvgIpc) is 2.48. The molecule has 2 rings (SSSR count). The van der Waals surface area contributed by atoms with Crippen LogP contribution in [0.25, 0.3) is 0 Å². The lowest BCUT2D eigenvalue weighted by Crippen LogP contribution is -2.06. The van der Waals surface area contributed by atoms with Gasteiger partial charge < -0.3 is 15.4 Å². The van der Waals surface area contributed by atoms with Crippen LogP contribution in [0.3, 0.4) is 0 Å². The standard InChI is InChI=1S/C15H19ClN4O/c1-4-21-9-15-19-13(17-3)8-14(20-15)18-12-7-11(16)6-5-10(12)2/h5-8H,4,9H2,1-3H3,(H2,17,18,19,20). The van der Waals surface area contributed by atoms with Crippen molar-refractivity contribution >= 4 is 28.9 Å². The lowest BCUT2D eigenvalue weighted by Gasteiger charge is -2.12. The predicted molar refractivity (Wildman–Crippen MR) is 86.4 cm³/mol. The third kappa shape index (κ3) is 4.31. The molecule has 112 valence electrons. The molecule has 1 aromatic carbocycles. The van der Waals surface area contributed by atoms with Gasteiger partial charge in [0, 0.05) is 30.4 Å². The first kappa shape index (κ1) is 15.5. The van der Waals surface area contributed by atoms with Crippen molar-refractivity contribution in [3.63, 3.8) is 0 Å². The number of hydrogen-bond acceptors (Lipinski definition) is 5. The maximum Gasteiger partial charge on any atom is 0.158 e. The molecule has 2 N–H and O–H groups in total. The van der Waals surface area contributed by atoms with E-state index in [-0.39, 0.29) is 0 Å². The third-order valence-corrected chi connectivity index (χ3v) is 3.16. The number of halogens is 1. The van der Waals surface area contributed by atoms with E-state index in [1.54, 1.807) is 0 Å². The summed E-state index contributed by atoms with van der Waals surface area (Å²) >= 11 is 6.04. The Bertz CT molecular complexity index is 619. The highest BCUT2D eigenvalue weighted by atomic mass is 35.5. The van der Waals surface area contributed by atoms with Crippen LogP contribution >= 0.6 is 11.6 Å². The van der Waals surface area contributed by atoms with E-state index in [4.69, 9.17) is 16.3 Å². The van der Waals surface area contributed by atoms with Gasteiger partial charge in [-0.05, 0) is 31.5 Å². The Morgan fingerprint density at radius 2 is 1.95 bits per heavy atom. The van der Waals surface area contributed by atoms with E-state index in [0.29, 0.717) is 29.9 Å². The molecule has 1 aromatic heterocycles. The van der Waals surface area contributed by atoms with Gasteiger partial charge in [0.1, 0.15) is 18.2 Å². The van der Waals surface area contributed by atoms with E-state index in [0.717, 1.165) is 17.1 Å². The summed E-state index contributed by atoms with van der Waals surface area (Å²) in [6.45, 7) is 4.97. The summed E-state index contributed by atoms with van der Waals surface area (Å²) in [5.41, 5.74) is 2.01. The van der Waals surface area contributed by atoms with Crippen molar-refractivity contribution in [2.45, 2.75) is 20.5 Å².